The number of carbonyl (C=O) groups excluding carboxylic acids is 2. The molecule has 3 rings (SSSR count). The van der Waals surface area contributed by atoms with Crippen LogP contribution in [0, 0.1) is 6.92 Å². The number of hydrogen-bond donors (Lipinski definition) is 2. The van der Waals surface area contributed by atoms with Gasteiger partial charge in [-0.2, -0.15) is 0 Å². The Balaban J connectivity index is 1.54. The standard InChI is InChI=1S/C22H19ClN2O3/c1-15-7-10-18(13-20(15)23)25-22(27)16-8-11-17(12-9-16)24-21(26)14-28-19-5-3-2-4-6-19/h2-13H,14H2,1H3,(H,24,26)(H,25,27). The number of nitrogens with one attached hydrogen (secondary N) is 2. The van der Waals surface area contributed by atoms with Crippen molar-refractivity contribution >= 4 is 34.8 Å². The third-order valence-electron chi connectivity index (χ3n) is 3.97. The molecule has 0 atom stereocenters. The topological polar surface area (TPSA) is 67.4 Å². The molecular formula is C22H19ClN2O3. The molecule has 3 aromatic rings. The molecule has 0 radical (unpaired) electrons. The van der Waals surface area contributed by atoms with Crippen molar-refractivity contribution in [3.63, 3.8) is 0 Å². The Bertz CT molecular complexity index is 973. The monoisotopic (exact) mass is 394 g/mol. The number of benzene rings is 3. The summed E-state index contributed by atoms with van der Waals surface area (Å²) in [5, 5.41) is 6.11. The van der Waals surface area contributed by atoms with Gasteiger partial charge in [0.15, 0.2) is 6.61 Å². The van der Waals surface area contributed by atoms with E-state index in [0.29, 0.717) is 27.7 Å². The zero-order valence-electron chi connectivity index (χ0n) is 15.2. The number of carbonyl (C=O) groups is 2. The second-order valence-electron chi connectivity index (χ2n) is 6.15. The third kappa shape index (κ3) is 5.34. The van der Waals surface area contributed by atoms with Crippen LogP contribution < -0.4 is 15.4 Å². The number of halogens is 1. The van der Waals surface area contributed by atoms with Gasteiger partial charge in [0.25, 0.3) is 11.8 Å². The van der Waals surface area contributed by atoms with Crippen LogP contribution in [0.4, 0.5) is 11.4 Å². The molecule has 0 aromatic heterocycles. The Hall–Kier alpha value is -3.31. The Labute approximate surface area is 168 Å². The van der Waals surface area contributed by atoms with Crippen LogP contribution >= 0.6 is 11.6 Å². The fourth-order valence-electron chi connectivity index (χ4n) is 2.44. The van der Waals surface area contributed by atoms with Gasteiger partial charge in [0.05, 0.1) is 0 Å². The lowest BCUT2D eigenvalue weighted by Gasteiger charge is -2.09. The van der Waals surface area contributed by atoms with Crippen molar-refractivity contribution in [3.8, 4) is 5.75 Å². The summed E-state index contributed by atoms with van der Waals surface area (Å²) in [4.78, 5) is 24.3. The summed E-state index contributed by atoms with van der Waals surface area (Å²) >= 11 is 6.08. The minimum absolute atomic E-state index is 0.0968. The van der Waals surface area contributed by atoms with E-state index in [2.05, 4.69) is 10.6 Å². The minimum Gasteiger partial charge on any atom is -0.484 e. The van der Waals surface area contributed by atoms with E-state index in [1.807, 2.05) is 31.2 Å². The van der Waals surface area contributed by atoms with Gasteiger partial charge in [-0.15, -0.1) is 0 Å². The number of rotatable bonds is 6. The molecule has 0 bridgehead atoms. The molecule has 0 heterocycles. The van der Waals surface area contributed by atoms with Crippen LogP contribution in [0.5, 0.6) is 5.75 Å². The molecule has 0 aliphatic rings. The van der Waals surface area contributed by atoms with E-state index in [0.717, 1.165) is 5.56 Å². The van der Waals surface area contributed by atoms with Gasteiger partial charge >= 0.3 is 0 Å². The number of para-hydroxylation sites is 1. The van der Waals surface area contributed by atoms with Gasteiger partial charge in [0.1, 0.15) is 5.75 Å². The van der Waals surface area contributed by atoms with Crippen molar-refractivity contribution in [1.29, 1.82) is 0 Å². The van der Waals surface area contributed by atoms with Crippen LogP contribution in [0.3, 0.4) is 0 Å². The highest BCUT2D eigenvalue weighted by Crippen LogP contribution is 2.21. The summed E-state index contributed by atoms with van der Waals surface area (Å²) < 4.78 is 5.40. The van der Waals surface area contributed by atoms with Crippen LogP contribution in [-0.4, -0.2) is 18.4 Å². The maximum absolute atomic E-state index is 12.3. The fourth-order valence-corrected chi connectivity index (χ4v) is 2.62. The number of hydrogen-bond acceptors (Lipinski definition) is 3. The highest BCUT2D eigenvalue weighted by atomic mass is 35.5. The van der Waals surface area contributed by atoms with Crippen molar-refractivity contribution in [2.24, 2.45) is 0 Å². The van der Waals surface area contributed by atoms with E-state index in [-0.39, 0.29) is 18.4 Å². The second kappa shape index (κ2) is 9.06. The molecule has 0 aliphatic carbocycles. The van der Waals surface area contributed by atoms with Gasteiger partial charge in [-0.25, -0.2) is 0 Å². The molecule has 3 aromatic carbocycles. The normalized spacial score (nSPS) is 10.2. The first-order valence-electron chi connectivity index (χ1n) is 8.66. The molecule has 2 amide bonds. The lowest BCUT2D eigenvalue weighted by Crippen LogP contribution is -2.20. The van der Waals surface area contributed by atoms with Crippen molar-refractivity contribution in [3.05, 3.63) is 88.9 Å². The molecule has 0 spiro atoms. The highest BCUT2D eigenvalue weighted by molar-refractivity contribution is 6.31. The average molecular weight is 395 g/mol. The first-order chi connectivity index (χ1) is 13.5. The summed E-state index contributed by atoms with van der Waals surface area (Å²) in [6, 6.07) is 21.0. The summed E-state index contributed by atoms with van der Waals surface area (Å²) in [6.07, 6.45) is 0. The number of aryl methyl sites for hydroxylation is 1. The molecule has 0 aliphatic heterocycles. The van der Waals surface area contributed by atoms with Crippen molar-refractivity contribution in [2.75, 3.05) is 17.2 Å². The van der Waals surface area contributed by atoms with Gasteiger partial charge in [0.2, 0.25) is 0 Å². The van der Waals surface area contributed by atoms with Gasteiger partial charge in [-0.1, -0.05) is 35.9 Å². The molecule has 0 saturated heterocycles. The van der Waals surface area contributed by atoms with E-state index in [1.165, 1.54) is 0 Å². The molecular weight excluding hydrogens is 376 g/mol. The van der Waals surface area contributed by atoms with Crippen molar-refractivity contribution < 1.29 is 14.3 Å². The van der Waals surface area contributed by atoms with Gasteiger partial charge in [0, 0.05) is 22.0 Å². The van der Waals surface area contributed by atoms with Crippen molar-refractivity contribution in [2.45, 2.75) is 6.92 Å². The predicted octanol–water partition coefficient (Wildman–Crippen LogP) is 4.92. The third-order valence-corrected chi connectivity index (χ3v) is 4.38. The van der Waals surface area contributed by atoms with Gasteiger partial charge in [-0.05, 0) is 61.0 Å². The molecule has 142 valence electrons. The van der Waals surface area contributed by atoms with Gasteiger partial charge in [-0.3, -0.25) is 9.59 Å². The summed E-state index contributed by atoms with van der Waals surface area (Å²) in [5.74, 6) is 0.0847. The van der Waals surface area contributed by atoms with E-state index in [4.69, 9.17) is 16.3 Å². The molecule has 2 N–H and O–H groups in total. The Morgan fingerprint density at radius 1 is 0.893 bits per heavy atom. The number of anilines is 2. The van der Waals surface area contributed by atoms with Gasteiger partial charge < -0.3 is 15.4 Å². The van der Waals surface area contributed by atoms with Crippen LogP contribution in [0.15, 0.2) is 72.8 Å². The summed E-state index contributed by atoms with van der Waals surface area (Å²) in [7, 11) is 0. The quantitative estimate of drug-likeness (QED) is 0.623. The number of amides is 2. The zero-order chi connectivity index (χ0) is 19.9. The molecule has 0 saturated carbocycles. The van der Waals surface area contributed by atoms with Crippen LogP contribution in [0.1, 0.15) is 15.9 Å². The molecule has 28 heavy (non-hydrogen) atoms. The van der Waals surface area contributed by atoms with Crippen LogP contribution in [0.2, 0.25) is 5.02 Å². The maximum Gasteiger partial charge on any atom is 0.262 e. The lowest BCUT2D eigenvalue weighted by molar-refractivity contribution is -0.118. The maximum atomic E-state index is 12.3. The second-order valence-corrected chi connectivity index (χ2v) is 6.55. The predicted molar refractivity (Wildman–Crippen MR) is 111 cm³/mol. The van der Waals surface area contributed by atoms with Crippen LogP contribution in [-0.2, 0) is 4.79 Å². The largest absolute Gasteiger partial charge is 0.484 e. The van der Waals surface area contributed by atoms with Crippen molar-refractivity contribution in [1.82, 2.24) is 0 Å². The Morgan fingerprint density at radius 2 is 1.57 bits per heavy atom. The van der Waals surface area contributed by atoms with Crippen LogP contribution in [0.25, 0.3) is 0 Å². The van der Waals surface area contributed by atoms with E-state index < -0.39 is 0 Å². The first-order valence-corrected chi connectivity index (χ1v) is 9.04. The molecule has 5 nitrogen and oxygen atoms in total. The summed E-state index contributed by atoms with van der Waals surface area (Å²) in [5.41, 5.74) is 2.61. The fraction of sp³-hybridized carbons (Fsp3) is 0.0909. The minimum atomic E-state index is -0.282. The summed E-state index contributed by atoms with van der Waals surface area (Å²) in [6.45, 7) is 1.80. The number of ether oxygens (including phenoxy) is 1. The molecule has 0 fully saturated rings. The van der Waals surface area contributed by atoms with E-state index in [9.17, 15) is 9.59 Å². The lowest BCUT2D eigenvalue weighted by atomic mass is 10.1. The van der Waals surface area contributed by atoms with E-state index in [1.54, 1.807) is 48.5 Å². The molecule has 6 heteroatoms. The smallest absolute Gasteiger partial charge is 0.262 e. The average Bonchev–Trinajstić information content (AvgIpc) is 2.70. The highest BCUT2D eigenvalue weighted by Gasteiger charge is 2.08. The Kier molecular flexibility index (Phi) is 6.29. The Morgan fingerprint density at radius 3 is 2.25 bits per heavy atom. The zero-order valence-corrected chi connectivity index (χ0v) is 16.0. The molecule has 0 unspecified atom stereocenters. The first kappa shape index (κ1) is 19.5. The SMILES string of the molecule is Cc1ccc(NC(=O)c2ccc(NC(=O)COc3ccccc3)cc2)cc1Cl. The van der Waals surface area contributed by atoms with E-state index >= 15 is 0 Å².